The van der Waals surface area contributed by atoms with Crippen LogP contribution in [-0.4, -0.2) is 36.8 Å². The van der Waals surface area contributed by atoms with Crippen LogP contribution in [0.4, 0.5) is 0 Å². The number of hydrogen-bond donors (Lipinski definition) is 0. The molecule has 7 heteroatoms. The Morgan fingerprint density at radius 3 is 2.39 bits per heavy atom. The minimum Gasteiger partial charge on any atom is -0.276 e. The van der Waals surface area contributed by atoms with Crippen molar-refractivity contribution in [3.05, 3.63) is 109 Å². The summed E-state index contributed by atoms with van der Waals surface area (Å²) in [5, 5.41) is 7.16. The van der Waals surface area contributed by atoms with Crippen LogP contribution in [0.5, 0.6) is 0 Å². The Balaban J connectivity index is 1.49. The minimum atomic E-state index is -2.05. The van der Waals surface area contributed by atoms with Gasteiger partial charge in [0.2, 0.25) is 5.78 Å². The molecular weight excluding hydrogens is 484 g/mol. The van der Waals surface area contributed by atoms with Gasteiger partial charge in [-0.05, 0) is 73.5 Å². The number of hydrogen-bond acceptors (Lipinski definition) is 3. The van der Waals surface area contributed by atoms with E-state index in [9.17, 15) is 0 Å². The van der Waals surface area contributed by atoms with E-state index >= 15 is 0 Å². The van der Waals surface area contributed by atoms with Crippen LogP contribution in [-0.2, 0) is 0 Å². The van der Waals surface area contributed by atoms with Crippen molar-refractivity contribution in [1.82, 2.24) is 28.7 Å². The third kappa shape index (κ3) is 3.35. The van der Waals surface area contributed by atoms with Crippen molar-refractivity contribution in [2.24, 2.45) is 0 Å². The summed E-state index contributed by atoms with van der Waals surface area (Å²) in [5.41, 5.74) is 7.83. The van der Waals surface area contributed by atoms with E-state index in [0.717, 1.165) is 39.3 Å². The summed E-state index contributed by atoms with van der Waals surface area (Å²) < 4.78 is 6.42. The number of rotatable bonds is 4. The van der Waals surface area contributed by atoms with Gasteiger partial charge in [0.05, 0.1) is 27.8 Å². The highest BCUT2D eigenvalue weighted by Crippen LogP contribution is 2.30. The quantitative estimate of drug-likeness (QED) is 0.295. The molecule has 0 aliphatic heterocycles. The number of para-hydroxylation sites is 1. The molecule has 0 aliphatic carbocycles. The van der Waals surface area contributed by atoms with Gasteiger partial charge in [-0.2, -0.15) is 5.10 Å². The summed E-state index contributed by atoms with van der Waals surface area (Å²) in [4.78, 5) is 9.91. The molecule has 4 heterocycles. The summed E-state index contributed by atoms with van der Waals surface area (Å²) in [6.45, 7) is 9.06. The van der Waals surface area contributed by atoms with Gasteiger partial charge in [0, 0.05) is 18.6 Å². The van der Waals surface area contributed by atoms with Crippen molar-refractivity contribution < 1.29 is 0 Å². The standard InChI is InChI=1S/C31H28N6Si/c1-21-14-16-32-29(18-21)37-28-20-25(38(3,4)24-10-6-9-23(19-24)35-17-7-15-33-35)12-13-26(28)36-27-11-5-8-22(2)30(27)34-31(36)37/h5-20H,1-4H3. The minimum absolute atomic E-state index is 0.885. The average Bonchev–Trinajstić information content (AvgIpc) is 3.65. The highest BCUT2D eigenvalue weighted by Gasteiger charge is 2.28. The molecule has 7 rings (SSSR count). The zero-order valence-electron chi connectivity index (χ0n) is 21.9. The van der Waals surface area contributed by atoms with E-state index in [-0.39, 0.29) is 0 Å². The Morgan fingerprint density at radius 2 is 1.58 bits per heavy atom. The number of aryl methyl sites for hydroxylation is 2. The predicted molar refractivity (Wildman–Crippen MR) is 157 cm³/mol. The Hall–Kier alpha value is -4.49. The molecule has 186 valence electrons. The first kappa shape index (κ1) is 22.7. The Morgan fingerprint density at radius 1 is 0.737 bits per heavy atom. The monoisotopic (exact) mass is 512 g/mol. The fourth-order valence-corrected chi connectivity index (χ4v) is 7.85. The Labute approximate surface area is 221 Å². The zero-order chi connectivity index (χ0) is 26.0. The van der Waals surface area contributed by atoms with E-state index < -0.39 is 8.07 Å². The van der Waals surface area contributed by atoms with E-state index in [1.54, 1.807) is 0 Å². The van der Waals surface area contributed by atoms with Crippen LogP contribution in [0.25, 0.3) is 39.3 Å². The molecule has 0 saturated heterocycles. The number of imidazole rings is 2. The van der Waals surface area contributed by atoms with E-state index in [2.05, 4.69) is 108 Å². The highest BCUT2D eigenvalue weighted by atomic mass is 28.3. The lowest BCUT2D eigenvalue weighted by Crippen LogP contribution is -2.52. The fourth-order valence-electron chi connectivity index (χ4n) is 5.50. The lowest BCUT2D eigenvalue weighted by Gasteiger charge is -2.24. The second-order valence-corrected chi connectivity index (χ2v) is 15.0. The molecule has 0 aliphatic rings. The van der Waals surface area contributed by atoms with Gasteiger partial charge in [0.15, 0.2) is 0 Å². The van der Waals surface area contributed by atoms with Crippen molar-refractivity contribution >= 4 is 46.3 Å². The maximum absolute atomic E-state index is 5.14. The fraction of sp³-hybridized carbons (Fsp3) is 0.129. The number of fused-ring (bicyclic) bond motifs is 5. The average molecular weight is 513 g/mol. The van der Waals surface area contributed by atoms with Crippen molar-refractivity contribution in [3.63, 3.8) is 0 Å². The highest BCUT2D eigenvalue weighted by molar-refractivity contribution is 7.00. The summed E-state index contributed by atoms with van der Waals surface area (Å²) in [6.07, 6.45) is 5.69. The van der Waals surface area contributed by atoms with Gasteiger partial charge >= 0.3 is 0 Å². The first-order valence-corrected chi connectivity index (χ1v) is 15.9. The molecule has 0 atom stereocenters. The van der Waals surface area contributed by atoms with Crippen LogP contribution in [0.1, 0.15) is 11.1 Å². The molecule has 7 aromatic rings. The summed E-state index contributed by atoms with van der Waals surface area (Å²) in [6, 6.07) is 28.2. The summed E-state index contributed by atoms with van der Waals surface area (Å²) in [5.74, 6) is 1.77. The normalized spacial score (nSPS) is 12.2. The van der Waals surface area contributed by atoms with Gasteiger partial charge in [0.25, 0.3) is 0 Å². The largest absolute Gasteiger partial charge is 0.276 e. The van der Waals surface area contributed by atoms with Gasteiger partial charge in [-0.15, -0.1) is 0 Å². The lowest BCUT2D eigenvalue weighted by atomic mass is 10.2. The molecule has 4 aromatic heterocycles. The topological polar surface area (TPSA) is 52.9 Å². The molecule has 38 heavy (non-hydrogen) atoms. The van der Waals surface area contributed by atoms with E-state index in [1.807, 2.05) is 35.4 Å². The Bertz CT molecular complexity index is 1980. The van der Waals surface area contributed by atoms with Gasteiger partial charge in [-0.1, -0.05) is 53.8 Å². The zero-order valence-corrected chi connectivity index (χ0v) is 22.9. The maximum atomic E-state index is 5.14. The van der Waals surface area contributed by atoms with Crippen LogP contribution in [0.3, 0.4) is 0 Å². The van der Waals surface area contributed by atoms with Gasteiger partial charge in [-0.3, -0.25) is 8.97 Å². The Kier molecular flexibility index (Phi) is 4.93. The number of benzene rings is 3. The number of aromatic nitrogens is 6. The molecule has 6 nitrogen and oxygen atoms in total. The molecule has 0 radical (unpaired) electrons. The van der Waals surface area contributed by atoms with E-state index in [0.29, 0.717) is 0 Å². The van der Waals surface area contributed by atoms with E-state index in [1.165, 1.54) is 21.5 Å². The van der Waals surface area contributed by atoms with Crippen LogP contribution in [0.15, 0.2) is 97.5 Å². The molecular formula is C31H28N6Si. The van der Waals surface area contributed by atoms with Crippen molar-refractivity contribution in [2.75, 3.05) is 0 Å². The SMILES string of the molecule is Cc1ccnc(-n2c3cc([Si](C)(C)c4cccc(-n5cccn5)c4)ccc3n3c4cccc(C)c4nc23)c1. The first-order chi connectivity index (χ1) is 18.4. The molecule has 0 saturated carbocycles. The van der Waals surface area contributed by atoms with Crippen LogP contribution >= 0.6 is 0 Å². The summed E-state index contributed by atoms with van der Waals surface area (Å²) >= 11 is 0. The van der Waals surface area contributed by atoms with Crippen LogP contribution < -0.4 is 10.4 Å². The molecule has 3 aromatic carbocycles. The van der Waals surface area contributed by atoms with E-state index in [4.69, 9.17) is 9.97 Å². The number of nitrogens with zero attached hydrogens (tertiary/aromatic N) is 6. The van der Waals surface area contributed by atoms with Crippen molar-refractivity contribution in [1.29, 1.82) is 0 Å². The third-order valence-electron chi connectivity index (χ3n) is 7.71. The first-order valence-electron chi connectivity index (χ1n) is 12.9. The van der Waals surface area contributed by atoms with Crippen molar-refractivity contribution in [2.45, 2.75) is 26.9 Å². The molecule has 0 N–H and O–H groups in total. The number of pyridine rings is 1. The van der Waals surface area contributed by atoms with Crippen LogP contribution in [0.2, 0.25) is 13.1 Å². The molecule has 0 fully saturated rings. The van der Waals surface area contributed by atoms with Gasteiger partial charge < -0.3 is 0 Å². The molecule has 0 bridgehead atoms. The second-order valence-electron chi connectivity index (χ2n) is 10.5. The second kappa shape index (κ2) is 8.26. The molecule has 0 amide bonds. The summed E-state index contributed by atoms with van der Waals surface area (Å²) in [7, 11) is -2.05. The lowest BCUT2D eigenvalue weighted by molar-refractivity contribution is 0.881. The smallest absolute Gasteiger partial charge is 0.221 e. The molecule has 0 spiro atoms. The predicted octanol–water partition coefficient (Wildman–Crippen LogP) is 5.45. The maximum Gasteiger partial charge on any atom is 0.221 e. The van der Waals surface area contributed by atoms with Gasteiger partial charge in [-0.25, -0.2) is 14.6 Å². The van der Waals surface area contributed by atoms with Crippen LogP contribution in [0, 0.1) is 13.8 Å². The third-order valence-corrected chi connectivity index (χ3v) is 11.2. The van der Waals surface area contributed by atoms with Crippen molar-refractivity contribution in [3.8, 4) is 11.5 Å². The van der Waals surface area contributed by atoms with Gasteiger partial charge in [0.1, 0.15) is 13.9 Å². The molecule has 0 unspecified atom stereocenters.